The first-order valence-corrected chi connectivity index (χ1v) is 10.6. The Bertz CT molecular complexity index is 1040. The highest BCUT2D eigenvalue weighted by Gasteiger charge is 2.15. The van der Waals surface area contributed by atoms with E-state index in [1.165, 1.54) is 11.3 Å². The number of aromatic nitrogens is 4. The van der Waals surface area contributed by atoms with E-state index in [1.54, 1.807) is 10.8 Å². The van der Waals surface area contributed by atoms with Gasteiger partial charge in [0.15, 0.2) is 0 Å². The van der Waals surface area contributed by atoms with Gasteiger partial charge in [-0.15, -0.1) is 0 Å². The van der Waals surface area contributed by atoms with Crippen molar-refractivity contribution in [2.24, 2.45) is 0 Å². The molecule has 0 amide bonds. The minimum atomic E-state index is 0.0364. The number of anilines is 3. The summed E-state index contributed by atoms with van der Waals surface area (Å²) in [4.78, 5) is 31.1. The van der Waals surface area contributed by atoms with Crippen LogP contribution in [0.1, 0.15) is 12.6 Å². The predicted octanol–water partition coefficient (Wildman–Crippen LogP) is 2.59. The number of rotatable bonds is 5. The van der Waals surface area contributed by atoms with E-state index >= 15 is 0 Å². The molecule has 1 saturated heterocycles. The zero-order valence-corrected chi connectivity index (χ0v) is 17.7. The van der Waals surface area contributed by atoms with Crippen molar-refractivity contribution in [1.29, 1.82) is 0 Å². The van der Waals surface area contributed by atoms with Gasteiger partial charge in [0.2, 0.25) is 5.95 Å². The molecule has 8 nitrogen and oxygen atoms in total. The molecular formula is C20H25N7OS. The van der Waals surface area contributed by atoms with Crippen LogP contribution in [0, 0.1) is 6.92 Å². The summed E-state index contributed by atoms with van der Waals surface area (Å²) in [5.41, 5.74) is 2.80. The molecule has 152 valence electrons. The molecule has 0 spiro atoms. The van der Waals surface area contributed by atoms with Gasteiger partial charge in [0.05, 0.1) is 22.5 Å². The summed E-state index contributed by atoms with van der Waals surface area (Å²) < 4.78 is 1.76. The number of hydrogen-bond acceptors (Lipinski definition) is 8. The normalized spacial score (nSPS) is 14.9. The van der Waals surface area contributed by atoms with Crippen molar-refractivity contribution in [1.82, 2.24) is 24.4 Å². The number of likely N-dealkylation sites (N-methyl/N-ethyl adjacent to an activating group) is 1. The first-order chi connectivity index (χ1) is 14.0. The third-order valence-electron chi connectivity index (χ3n) is 5.20. The molecule has 0 atom stereocenters. The summed E-state index contributed by atoms with van der Waals surface area (Å²) >= 11 is 1.22. The molecule has 0 bridgehead atoms. The van der Waals surface area contributed by atoms with Gasteiger partial charge >= 0.3 is 4.87 Å². The fourth-order valence-electron chi connectivity index (χ4n) is 3.45. The van der Waals surface area contributed by atoms with Crippen molar-refractivity contribution < 1.29 is 0 Å². The fraction of sp³-hybridized carbons (Fsp3) is 0.400. The molecule has 29 heavy (non-hydrogen) atoms. The third-order valence-corrected chi connectivity index (χ3v) is 6.31. The van der Waals surface area contributed by atoms with Gasteiger partial charge in [-0.1, -0.05) is 11.3 Å². The summed E-state index contributed by atoms with van der Waals surface area (Å²) in [6, 6.07) is 5.84. The zero-order valence-electron chi connectivity index (χ0n) is 16.9. The molecule has 4 rings (SSSR count). The number of nitrogens with zero attached hydrogens (tertiary/aromatic N) is 6. The molecule has 0 unspecified atom stereocenters. The van der Waals surface area contributed by atoms with Gasteiger partial charge < -0.3 is 19.7 Å². The second-order valence-corrected chi connectivity index (χ2v) is 8.07. The lowest BCUT2D eigenvalue weighted by Gasteiger charge is -2.33. The molecule has 0 aliphatic carbocycles. The van der Waals surface area contributed by atoms with Gasteiger partial charge in [0.1, 0.15) is 5.82 Å². The van der Waals surface area contributed by atoms with Crippen LogP contribution in [0.25, 0.3) is 10.6 Å². The SMILES string of the molecule is CCn1c(C)c(-c2ccnc(Nc3ccc(N4CCN(C)CC4)cn3)n2)sc1=O. The number of piperazine rings is 1. The topological polar surface area (TPSA) is 79.2 Å². The number of thiazole rings is 1. The maximum absolute atomic E-state index is 12.1. The Kier molecular flexibility index (Phi) is 5.59. The van der Waals surface area contributed by atoms with Gasteiger partial charge in [-0.3, -0.25) is 4.79 Å². The van der Waals surface area contributed by atoms with Crippen LogP contribution >= 0.6 is 11.3 Å². The van der Waals surface area contributed by atoms with Gasteiger partial charge in [0, 0.05) is 44.6 Å². The largest absolute Gasteiger partial charge is 0.368 e. The van der Waals surface area contributed by atoms with Crippen molar-refractivity contribution in [3.05, 3.63) is 46.0 Å². The molecule has 0 radical (unpaired) electrons. The Morgan fingerprint density at radius 3 is 2.59 bits per heavy atom. The monoisotopic (exact) mass is 411 g/mol. The van der Waals surface area contributed by atoms with Gasteiger partial charge in [-0.2, -0.15) is 0 Å². The molecule has 0 aromatic carbocycles. The van der Waals surface area contributed by atoms with E-state index in [0.717, 1.165) is 48.1 Å². The summed E-state index contributed by atoms with van der Waals surface area (Å²) in [7, 11) is 2.15. The van der Waals surface area contributed by atoms with Crippen molar-refractivity contribution in [3.8, 4) is 10.6 Å². The highest BCUT2D eigenvalue weighted by atomic mass is 32.1. The molecule has 3 aromatic rings. The van der Waals surface area contributed by atoms with Crippen LogP contribution in [0.15, 0.2) is 35.4 Å². The van der Waals surface area contributed by atoms with Crippen molar-refractivity contribution in [3.63, 3.8) is 0 Å². The van der Waals surface area contributed by atoms with E-state index in [-0.39, 0.29) is 4.87 Å². The van der Waals surface area contributed by atoms with Crippen LogP contribution in [0.3, 0.4) is 0 Å². The third kappa shape index (κ3) is 4.15. The summed E-state index contributed by atoms with van der Waals surface area (Å²) in [5, 5.41) is 3.17. The minimum Gasteiger partial charge on any atom is -0.368 e. The maximum atomic E-state index is 12.1. The Labute approximate surface area is 173 Å². The van der Waals surface area contributed by atoms with E-state index in [1.807, 2.05) is 32.2 Å². The quantitative estimate of drug-likeness (QED) is 0.691. The molecular weight excluding hydrogens is 386 g/mol. The molecule has 1 N–H and O–H groups in total. The number of pyridine rings is 1. The lowest BCUT2D eigenvalue weighted by molar-refractivity contribution is 0.313. The summed E-state index contributed by atoms with van der Waals surface area (Å²) in [6.45, 7) is 8.71. The first-order valence-electron chi connectivity index (χ1n) is 9.75. The van der Waals surface area contributed by atoms with Crippen LogP contribution in [-0.4, -0.2) is 57.6 Å². The van der Waals surface area contributed by atoms with Crippen LogP contribution in [0.4, 0.5) is 17.5 Å². The average molecular weight is 412 g/mol. The average Bonchev–Trinajstić information content (AvgIpc) is 3.03. The van der Waals surface area contributed by atoms with Crippen molar-refractivity contribution >= 4 is 28.8 Å². The highest BCUT2D eigenvalue weighted by Crippen LogP contribution is 2.26. The molecule has 1 fully saturated rings. The maximum Gasteiger partial charge on any atom is 0.307 e. The lowest BCUT2D eigenvalue weighted by atomic mass is 10.3. The number of nitrogens with one attached hydrogen (secondary N) is 1. The fourth-order valence-corrected chi connectivity index (χ4v) is 4.48. The molecule has 0 saturated carbocycles. The Morgan fingerprint density at radius 2 is 1.93 bits per heavy atom. The molecule has 4 heterocycles. The predicted molar refractivity (Wildman–Crippen MR) is 117 cm³/mol. The first kappa shape index (κ1) is 19.5. The van der Waals surface area contributed by atoms with Crippen LogP contribution in [0.5, 0.6) is 0 Å². The van der Waals surface area contributed by atoms with Crippen molar-refractivity contribution in [2.45, 2.75) is 20.4 Å². The van der Waals surface area contributed by atoms with Crippen LogP contribution < -0.4 is 15.1 Å². The molecule has 1 aliphatic heterocycles. The van der Waals surface area contributed by atoms with E-state index in [4.69, 9.17) is 0 Å². The van der Waals surface area contributed by atoms with E-state index in [2.05, 4.69) is 43.2 Å². The lowest BCUT2D eigenvalue weighted by Crippen LogP contribution is -2.44. The standard InChI is InChI=1S/C20H25N7OS/c1-4-27-14(2)18(29-20(27)28)16-7-8-21-19(23-16)24-17-6-5-15(13-22-17)26-11-9-25(3)10-12-26/h5-8,13H,4,9-12H2,1-3H3,(H,21,22,23,24). The summed E-state index contributed by atoms with van der Waals surface area (Å²) in [5.74, 6) is 1.15. The highest BCUT2D eigenvalue weighted by molar-refractivity contribution is 7.13. The van der Waals surface area contributed by atoms with E-state index in [0.29, 0.717) is 18.3 Å². The molecule has 3 aromatic heterocycles. The van der Waals surface area contributed by atoms with Crippen molar-refractivity contribution in [2.75, 3.05) is 43.4 Å². The van der Waals surface area contributed by atoms with Crippen LogP contribution in [-0.2, 0) is 6.54 Å². The van der Waals surface area contributed by atoms with Gasteiger partial charge in [0.25, 0.3) is 0 Å². The Balaban J connectivity index is 1.50. The number of hydrogen-bond donors (Lipinski definition) is 1. The van der Waals surface area contributed by atoms with E-state index in [9.17, 15) is 4.79 Å². The Hall–Kier alpha value is -2.78. The minimum absolute atomic E-state index is 0.0364. The molecule has 1 aliphatic rings. The van der Waals surface area contributed by atoms with Gasteiger partial charge in [-0.05, 0) is 39.1 Å². The molecule has 9 heteroatoms. The Morgan fingerprint density at radius 1 is 1.14 bits per heavy atom. The van der Waals surface area contributed by atoms with Gasteiger partial charge in [-0.25, -0.2) is 15.0 Å². The van der Waals surface area contributed by atoms with Crippen LogP contribution in [0.2, 0.25) is 0 Å². The zero-order chi connectivity index (χ0) is 20.4. The van der Waals surface area contributed by atoms with E-state index < -0.39 is 0 Å². The summed E-state index contributed by atoms with van der Waals surface area (Å²) in [6.07, 6.45) is 3.58. The second-order valence-electron chi connectivity index (χ2n) is 7.11. The smallest absolute Gasteiger partial charge is 0.307 e. The second kappa shape index (κ2) is 8.30.